The van der Waals surface area contributed by atoms with Crippen LogP contribution in [0.5, 0.6) is 5.75 Å². The summed E-state index contributed by atoms with van der Waals surface area (Å²) >= 11 is 0. The Hall–Kier alpha value is -1.55. The summed E-state index contributed by atoms with van der Waals surface area (Å²) in [4.78, 5) is 11.4. The Kier molecular flexibility index (Phi) is 5.49. The second kappa shape index (κ2) is 6.91. The van der Waals surface area contributed by atoms with Crippen LogP contribution in [0.1, 0.15) is 20.8 Å². The van der Waals surface area contributed by atoms with Gasteiger partial charge in [0, 0.05) is 5.69 Å². The van der Waals surface area contributed by atoms with E-state index in [1.807, 2.05) is 45.0 Å². The van der Waals surface area contributed by atoms with E-state index in [0.717, 1.165) is 18.0 Å². The highest BCUT2D eigenvalue weighted by Crippen LogP contribution is 2.16. The lowest BCUT2D eigenvalue weighted by atomic mass is 10.3. The molecular weight excluding hydrogens is 216 g/mol. The molecule has 0 unspecified atom stereocenters. The van der Waals surface area contributed by atoms with Gasteiger partial charge >= 0.3 is 0 Å². The van der Waals surface area contributed by atoms with Gasteiger partial charge in [0.05, 0.1) is 12.6 Å². The molecule has 0 fully saturated rings. The second-order valence-corrected chi connectivity index (χ2v) is 4.02. The van der Waals surface area contributed by atoms with Gasteiger partial charge in [0.2, 0.25) is 5.91 Å². The standard InChI is InChI=1S/C13H20N2O2/c1-4-14-9-13(16)15-11-5-7-12(8-6-11)17-10(2)3/h5-8,10,14H,4,9H2,1-3H3,(H,15,16). The molecule has 0 aromatic heterocycles. The van der Waals surface area contributed by atoms with Crippen molar-refractivity contribution in [1.82, 2.24) is 5.32 Å². The molecule has 0 atom stereocenters. The number of anilines is 1. The number of ether oxygens (including phenoxy) is 1. The van der Waals surface area contributed by atoms with E-state index >= 15 is 0 Å². The predicted octanol–water partition coefficient (Wildman–Crippen LogP) is 2.02. The molecule has 2 N–H and O–H groups in total. The number of carbonyl (C=O) groups is 1. The van der Waals surface area contributed by atoms with Gasteiger partial charge in [-0.1, -0.05) is 6.92 Å². The van der Waals surface area contributed by atoms with E-state index in [1.165, 1.54) is 0 Å². The van der Waals surface area contributed by atoms with Crippen LogP contribution in [0.3, 0.4) is 0 Å². The number of benzene rings is 1. The van der Waals surface area contributed by atoms with Gasteiger partial charge in [-0.15, -0.1) is 0 Å². The summed E-state index contributed by atoms with van der Waals surface area (Å²) in [6.45, 7) is 7.04. The molecule has 0 aliphatic rings. The molecule has 94 valence electrons. The van der Waals surface area contributed by atoms with Gasteiger partial charge in [0.25, 0.3) is 0 Å². The molecule has 0 aliphatic carbocycles. The van der Waals surface area contributed by atoms with Crippen molar-refractivity contribution < 1.29 is 9.53 Å². The molecule has 1 amide bonds. The zero-order valence-electron chi connectivity index (χ0n) is 10.6. The Morgan fingerprint density at radius 1 is 1.29 bits per heavy atom. The lowest BCUT2D eigenvalue weighted by molar-refractivity contribution is -0.115. The summed E-state index contributed by atoms with van der Waals surface area (Å²) in [5.41, 5.74) is 0.781. The summed E-state index contributed by atoms with van der Waals surface area (Å²) in [6, 6.07) is 7.37. The number of hydrogen-bond donors (Lipinski definition) is 2. The number of carbonyl (C=O) groups excluding carboxylic acids is 1. The molecule has 0 saturated heterocycles. The third kappa shape index (κ3) is 5.36. The van der Waals surface area contributed by atoms with Crippen LogP contribution < -0.4 is 15.4 Å². The van der Waals surface area contributed by atoms with Gasteiger partial charge in [0.15, 0.2) is 0 Å². The molecule has 1 rings (SSSR count). The van der Waals surface area contributed by atoms with E-state index < -0.39 is 0 Å². The summed E-state index contributed by atoms with van der Waals surface area (Å²) in [5, 5.41) is 5.77. The first-order chi connectivity index (χ1) is 8.11. The Balaban J connectivity index is 2.47. The molecule has 0 spiro atoms. The zero-order valence-corrected chi connectivity index (χ0v) is 10.6. The lowest BCUT2D eigenvalue weighted by Gasteiger charge is -2.10. The number of likely N-dealkylation sites (N-methyl/N-ethyl adjacent to an activating group) is 1. The van der Waals surface area contributed by atoms with Crippen molar-refractivity contribution in [2.24, 2.45) is 0 Å². The minimum Gasteiger partial charge on any atom is -0.491 e. The molecule has 0 heterocycles. The minimum absolute atomic E-state index is 0.0376. The van der Waals surface area contributed by atoms with Crippen LogP contribution >= 0.6 is 0 Å². The third-order valence-electron chi connectivity index (χ3n) is 2.05. The molecular formula is C13H20N2O2. The SMILES string of the molecule is CCNCC(=O)Nc1ccc(OC(C)C)cc1. The fraction of sp³-hybridized carbons (Fsp3) is 0.462. The molecule has 4 nitrogen and oxygen atoms in total. The van der Waals surface area contributed by atoms with Crippen molar-refractivity contribution in [1.29, 1.82) is 0 Å². The van der Waals surface area contributed by atoms with Crippen LogP contribution in [0.2, 0.25) is 0 Å². The molecule has 0 saturated carbocycles. The molecule has 1 aromatic rings. The van der Waals surface area contributed by atoms with E-state index in [-0.39, 0.29) is 12.0 Å². The molecule has 1 aromatic carbocycles. The topological polar surface area (TPSA) is 50.4 Å². The van der Waals surface area contributed by atoms with Crippen molar-refractivity contribution in [2.45, 2.75) is 26.9 Å². The molecule has 17 heavy (non-hydrogen) atoms. The first kappa shape index (κ1) is 13.5. The minimum atomic E-state index is -0.0376. The monoisotopic (exact) mass is 236 g/mol. The average molecular weight is 236 g/mol. The van der Waals surface area contributed by atoms with Crippen LogP contribution in [-0.2, 0) is 4.79 Å². The van der Waals surface area contributed by atoms with Gasteiger partial charge in [-0.2, -0.15) is 0 Å². The molecule has 4 heteroatoms. The normalized spacial score (nSPS) is 10.4. The molecule has 0 bridgehead atoms. The smallest absolute Gasteiger partial charge is 0.238 e. The second-order valence-electron chi connectivity index (χ2n) is 4.02. The number of amides is 1. The zero-order chi connectivity index (χ0) is 12.7. The first-order valence-electron chi connectivity index (χ1n) is 5.89. The Labute approximate surface area is 102 Å². The fourth-order valence-corrected chi connectivity index (χ4v) is 1.33. The van der Waals surface area contributed by atoms with Crippen LogP contribution in [0.25, 0.3) is 0 Å². The van der Waals surface area contributed by atoms with Gasteiger partial charge in [-0.25, -0.2) is 0 Å². The van der Waals surface area contributed by atoms with Crippen LogP contribution in [0.4, 0.5) is 5.69 Å². The molecule has 0 aliphatic heterocycles. The summed E-state index contributed by atoms with van der Waals surface area (Å²) < 4.78 is 5.51. The average Bonchev–Trinajstić information content (AvgIpc) is 2.28. The predicted molar refractivity (Wildman–Crippen MR) is 69.4 cm³/mol. The van der Waals surface area contributed by atoms with Gasteiger partial charge in [0.1, 0.15) is 5.75 Å². The van der Waals surface area contributed by atoms with Crippen LogP contribution in [0.15, 0.2) is 24.3 Å². The lowest BCUT2D eigenvalue weighted by Crippen LogP contribution is -2.27. The Bertz CT molecular complexity index is 347. The highest BCUT2D eigenvalue weighted by molar-refractivity contribution is 5.92. The van der Waals surface area contributed by atoms with E-state index in [4.69, 9.17) is 4.74 Å². The third-order valence-corrected chi connectivity index (χ3v) is 2.05. The number of hydrogen-bond acceptors (Lipinski definition) is 3. The maximum atomic E-state index is 11.4. The quantitative estimate of drug-likeness (QED) is 0.794. The summed E-state index contributed by atoms with van der Waals surface area (Å²) in [6.07, 6.45) is 0.157. The van der Waals surface area contributed by atoms with E-state index in [0.29, 0.717) is 6.54 Å². The van der Waals surface area contributed by atoms with Crippen molar-refractivity contribution in [3.8, 4) is 5.75 Å². The maximum absolute atomic E-state index is 11.4. The highest BCUT2D eigenvalue weighted by atomic mass is 16.5. The van der Waals surface area contributed by atoms with Crippen LogP contribution in [0, 0.1) is 0 Å². The maximum Gasteiger partial charge on any atom is 0.238 e. The first-order valence-corrected chi connectivity index (χ1v) is 5.89. The summed E-state index contributed by atoms with van der Waals surface area (Å²) in [5.74, 6) is 0.772. The fourth-order valence-electron chi connectivity index (χ4n) is 1.33. The van der Waals surface area contributed by atoms with Gasteiger partial charge < -0.3 is 15.4 Å². The van der Waals surface area contributed by atoms with E-state index in [1.54, 1.807) is 0 Å². The van der Waals surface area contributed by atoms with Gasteiger partial charge in [-0.05, 0) is 44.7 Å². The largest absolute Gasteiger partial charge is 0.491 e. The Morgan fingerprint density at radius 3 is 2.47 bits per heavy atom. The van der Waals surface area contributed by atoms with Crippen LogP contribution in [-0.4, -0.2) is 25.1 Å². The molecule has 0 radical (unpaired) electrons. The Morgan fingerprint density at radius 2 is 1.94 bits per heavy atom. The number of rotatable bonds is 6. The highest BCUT2D eigenvalue weighted by Gasteiger charge is 2.02. The van der Waals surface area contributed by atoms with Crippen molar-refractivity contribution in [2.75, 3.05) is 18.4 Å². The van der Waals surface area contributed by atoms with E-state index in [2.05, 4.69) is 10.6 Å². The van der Waals surface area contributed by atoms with Crippen molar-refractivity contribution >= 4 is 11.6 Å². The van der Waals surface area contributed by atoms with E-state index in [9.17, 15) is 4.79 Å². The number of nitrogens with one attached hydrogen (secondary N) is 2. The van der Waals surface area contributed by atoms with Crippen molar-refractivity contribution in [3.63, 3.8) is 0 Å². The van der Waals surface area contributed by atoms with Crippen molar-refractivity contribution in [3.05, 3.63) is 24.3 Å². The van der Waals surface area contributed by atoms with Gasteiger partial charge in [-0.3, -0.25) is 4.79 Å². The summed E-state index contributed by atoms with van der Waals surface area (Å²) in [7, 11) is 0.